The Bertz CT molecular complexity index is 1090. The minimum atomic E-state index is -0.999. The zero-order valence-electron chi connectivity index (χ0n) is 35.4. The molecule has 0 saturated carbocycles. The molecule has 0 aliphatic carbocycles. The second kappa shape index (κ2) is 27.3. The van der Waals surface area contributed by atoms with Gasteiger partial charge in [0.05, 0.1) is 26.4 Å². The predicted octanol–water partition coefficient (Wildman–Crippen LogP) is 3.24. The fourth-order valence-corrected chi connectivity index (χ4v) is 7.11. The molecule has 0 amide bonds. The van der Waals surface area contributed by atoms with Crippen LogP contribution in [0.4, 0.5) is 0 Å². The van der Waals surface area contributed by atoms with Crippen molar-refractivity contribution in [2.75, 3.05) is 90.9 Å². The minimum Gasteiger partial charge on any atom is -0.382 e. The van der Waals surface area contributed by atoms with Gasteiger partial charge in [0.2, 0.25) is 0 Å². The molecular formula is C39H70O16. The van der Waals surface area contributed by atoms with Gasteiger partial charge >= 0.3 is 0 Å². The lowest BCUT2D eigenvalue weighted by atomic mass is 9.95. The van der Waals surface area contributed by atoms with Gasteiger partial charge in [-0.05, 0) is 5.56 Å². The summed E-state index contributed by atoms with van der Waals surface area (Å²) in [4.78, 5) is 0. The molecule has 3 aliphatic rings. The third-order valence-electron chi connectivity index (χ3n) is 9.51. The van der Waals surface area contributed by atoms with Gasteiger partial charge in [0.15, 0.2) is 18.9 Å². The first-order chi connectivity index (χ1) is 26.9. The van der Waals surface area contributed by atoms with Crippen molar-refractivity contribution in [3.8, 4) is 0 Å². The van der Waals surface area contributed by atoms with Crippen LogP contribution in [0.2, 0.25) is 0 Å². The van der Waals surface area contributed by atoms with Crippen LogP contribution in [0.25, 0.3) is 0 Å². The third kappa shape index (κ3) is 12.8. The van der Waals surface area contributed by atoms with Crippen LogP contribution in [0.5, 0.6) is 0 Å². The number of hydrogen-bond donors (Lipinski definition) is 0. The predicted molar refractivity (Wildman–Crippen MR) is 201 cm³/mol. The molecule has 16 nitrogen and oxygen atoms in total. The normalized spacial score (nSPS) is 36.3. The lowest BCUT2D eigenvalue weighted by Gasteiger charge is -2.51. The van der Waals surface area contributed by atoms with Crippen molar-refractivity contribution in [1.82, 2.24) is 0 Å². The van der Waals surface area contributed by atoms with Crippen LogP contribution in [-0.4, -0.2) is 183 Å². The molecule has 322 valence electrons. The van der Waals surface area contributed by atoms with Crippen LogP contribution >= 0.6 is 0 Å². The molecule has 0 N–H and O–H groups in total. The van der Waals surface area contributed by atoms with Crippen molar-refractivity contribution in [3.63, 3.8) is 0 Å². The summed E-state index contributed by atoms with van der Waals surface area (Å²) in [5, 5.41) is 0. The number of benzene rings is 1. The number of rotatable bonds is 20. The second-order valence-electron chi connectivity index (χ2n) is 12.4. The van der Waals surface area contributed by atoms with E-state index in [4.69, 9.17) is 75.8 Å². The van der Waals surface area contributed by atoms with Gasteiger partial charge in [-0.15, -0.1) is 0 Å². The molecule has 0 radical (unpaired) electrons. The summed E-state index contributed by atoms with van der Waals surface area (Å²) in [6, 6.07) is 9.79. The molecule has 3 heterocycles. The van der Waals surface area contributed by atoms with E-state index in [0.717, 1.165) is 5.56 Å². The van der Waals surface area contributed by atoms with E-state index in [1.165, 1.54) is 0 Å². The quantitative estimate of drug-likeness (QED) is 0.190. The van der Waals surface area contributed by atoms with E-state index < -0.39 is 92.1 Å². The van der Waals surface area contributed by atoms with Gasteiger partial charge in [0, 0.05) is 71.1 Å². The Balaban J connectivity index is 0.00000253. The average Bonchev–Trinajstić information content (AvgIpc) is 3.22. The molecule has 1 aromatic carbocycles. The first-order valence-electron chi connectivity index (χ1n) is 19.0. The molecule has 0 aromatic heterocycles. The van der Waals surface area contributed by atoms with Crippen LogP contribution in [0.3, 0.4) is 0 Å². The van der Waals surface area contributed by atoms with E-state index in [9.17, 15) is 0 Å². The lowest BCUT2D eigenvalue weighted by molar-refractivity contribution is -0.386. The van der Waals surface area contributed by atoms with E-state index in [-0.39, 0.29) is 19.8 Å². The van der Waals surface area contributed by atoms with Crippen molar-refractivity contribution in [1.29, 1.82) is 0 Å². The summed E-state index contributed by atoms with van der Waals surface area (Å²) in [7, 11) is 15.7. The van der Waals surface area contributed by atoms with Crippen molar-refractivity contribution in [2.24, 2.45) is 0 Å². The molecule has 16 heteroatoms. The SMILES string of the molecule is CC.CC.COCC1OC(OC2C(COC)OC(OC3C(COC)OC(OCc4ccccc4)C(OC)C3OC)C(OC)C2OC)C(OC)C(OC)C1OC. The van der Waals surface area contributed by atoms with Gasteiger partial charge in [-0.1, -0.05) is 58.0 Å². The van der Waals surface area contributed by atoms with Crippen LogP contribution in [0.15, 0.2) is 30.3 Å². The van der Waals surface area contributed by atoms with E-state index in [0.29, 0.717) is 6.61 Å². The van der Waals surface area contributed by atoms with Gasteiger partial charge in [0.1, 0.15) is 73.2 Å². The highest BCUT2D eigenvalue weighted by molar-refractivity contribution is 5.13. The fourth-order valence-electron chi connectivity index (χ4n) is 7.11. The van der Waals surface area contributed by atoms with Crippen molar-refractivity contribution < 1.29 is 75.8 Å². The Kier molecular flexibility index (Phi) is 24.7. The fraction of sp³-hybridized carbons (Fsp3) is 0.846. The second-order valence-corrected chi connectivity index (χ2v) is 12.4. The minimum absolute atomic E-state index is 0.119. The summed E-state index contributed by atoms with van der Waals surface area (Å²) in [6.45, 7) is 8.82. The van der Waals surface area contributed by atoms with Gasteiger partial charge < -0.3 is 75.8 Å². The van der Waals surface area contributed by atoms with Crippen LogP contribution < -0.4 is 0 Å². The maximum atomic E-state index is 6.74. The molecule has 0 bridgehead atoms. The topological polar surface area (TPSA) is 148 Å². The molecule has 55 heavy (non-hydrogen) atoms. The first kappa shape index (κ1) is 49.7. The number of methoxy groups -OCH3 is 10. The average molecular weight is 795 g/mol. The van der Waals surface area contributed by atoms with Gasteiger partial charge in [-0.2, -0.15) is 0 Å². The molecule has 1 aromatic rings. The summed E-state index contributed by atoms with van der Waals surface area (Å²) in [5.74, 6) is 0. The monoisotopic (exact) mass is 794 g/mol. The Labute approximate surface area is 328 Å². The molecule has 3 aliphatic heterocycles. The Morgan fingerprint density at radius 1 is 0.400 bits per heavy atom. The zero-order valence-corrected chi connectivity index (χ0v) is 35.4. The highest BCUT2D eigenvalue weighted by Gasteiger charge is 2.56. The zero-order chi connectivity index (χ0) is 40.9. The summed E-state index contributed by atoms with van der Waals surface area (Å²) in [6.07, 6.45) is -10.7. The van der Waals surface area contributed by atoms with E-state index >= 15 is 0 Å². The molecule has 3 fully saturated rings. The lowest BCUT2D eigenvalue weighted by Crippen LogP contribution is -2.68. The third-order valence-corrected chi connectivity index (χ3v) is 9.51. The van der Waals surface area contributed by atoms with Crippen molar-refractivity contribution >= 4 is 0 Å². The molecule has 15 unspecified atom stereocenters. The highest BCUT2D eigenvalue weighted by atomic mass is 16.8. The largest absolute Gasteiger partial charge is 0.382 e. The summed E-state index contributed by atoms with van der Waals surface area (Å²) < 4.78 is 97.0. The molecular weight excluding hydrogens is 724 g/mol. The summed E-state index contributed by atoms with van der Waals surface area (Å²) in [5.41, 5.74) is 0.984. The Morgan fingerprint density at radius 3 is 1.09 bits per heavy atom. The molecule has 3 saturated heterocycles. The summed E-state index contributed by atoms with van der Waals surface area (Å²) >= 11 is 0. The van der Waals surface area contributed by atoms with E-state index in [1.807, 2.05) is 58.0 Å². The van der Waals surface area contributed by atoms with E-state index in [2.05, 4.69) is 0 Å². The van der Waals surface area contributed by atoms with Gasteiger partial charge in [-0.3, -0.25) is 0 Å². The van der Waals surface area contributed by atoms with Crippen molar-refractivity contribution in [3.05, 3.63) is 35.9 Å². The first-order valence-corrected chi connectivity index (χ1v) is 19.0. The van der Waals surface area contributed by atoms with E-state index in [1.54, 1.807) is 71.1 Å². The van der Waals surface area contributed by atoms with Crippen LogP contribution in [-0.2, 0) is 82.4 Å². The Morgan fingerprint density at radius 2 is 0.727 bits per heavy atom. The highest BCUT2D eigenvalue weighted by Crippen LogP contribution is 2.37. The molecule has 15 atom stereocenters. The smallest absolute Gasteiger partial charge is 0.187 e. The molecule has 4 rings (SSSR count). The number of ether oxygens (including phenoxy) is 16. The van der Waals surface area contributed by atoms with Gasteiger partial charge in [-0.25, -0.2) is 0 Å². The van der Waals surface area contributed by atoms with Gasteiger partial charge in [0.25, 0.3) is 0 Å². The van der Waals surface area contributed by atoms with Crippen LogP contribution in [0, 0.1) is 0 Å². The van der Waals surface area contributed by atoms with Crippen molar-refractivity contribution in [2.45, 2.75) is 126 Å². The maximum absolute atomic E-state index is 6.74. The number of hydrogen-bond acceptors (Lipinski definition) is 16. The molecule has 0 spiro atoms. The maximum Gasteiger partial charge on any atom is 0.187 e. The Hall–Kier alpha value is -1.42. The van der Waals surface area contributed by atoms with Crippen LogP contribution in [0.1, 0.15) is 33.3 Å². The standard InChI is InChI=1S/C35H58O16.2C2H6/c1-36-17-21-24(39-4)27(40-5)31(44-9)34(48-21)51-26-23(19-38-3)49-35(32(45-10)29(26)42-7)50-25-22(18-37-2)47-33(30(43-8)28(25)41-6)46-16-20-14-12-11-13-15-20;2*1-2/h11-15,21-35H,16-19H2,1-10H3;2*1-2H3.